The fourth-order valence-corrected chi connectivity index (χ4v) is 4.57. The summed E-state index contributed by atoms with van der Waals surface area (Å²) in [6, 6.07) is 9.68. The molecule has 1 heterocycles. The first kappa shape index (κ1) is 21.4. The highest BCUT2D eigenvalue weighted by Crippen LogP contribution is 2.28. The van der Waals surface area contributed by atoms with E-state index in [1.165, 1.54) is 0 Å². The maximum absolute atomic E-state index is 13.2. The molecule has 0 aliphatic heterocycles. The lowest BCUT2D eigenvalue weighted by Gasteiger charge is -2.33. The molecule has 31 heavy (non-hydrogen) atoms. The molecule has 2 N–H and O–H groups in total. The Morgan fingerprint density at radius 1 is 1.00 bits per heavy atom. The van der Waals surface area contributed by atoms with Crippen LogP contribution in [0.5, 0.6) is 0 Å². The van der Waals surface area contributed by atoms with Gasteiger partial charge >= 0.3 is 6.09 Å². The van der Waals surface area contributed by atoms with Crippen molar-refractivity contribution in [3.8, 4) is 5.69 Å². The zero-order chi connectivity index (χ0) is 22.0. The molecule has 4 rings (SSSR count). The second-order valence-electron chi connectivity index (χ2n) is 9.49. The lowest BCUT2D eigenvalue weighted by Crippen LogP contribution is -2.54. The first-order valence-electron chi connectivity index (χ1n) is 11.3. The summed E-state index contributed by atoms with van der Waals surface area (Å²) in [6.07, 6.45) is 6.08. The maximum Gasteiger partial charge on any atom is 0.407 e. The summed E-state index contributed by atoms with van der Waals surface area (Å²) in [5.74, 6) is -0.157. The molecule has 0 bridgehead atoms. The van der Waals surface area contributed by atoms with E-state index in [1.807, 2.05) is 55.8 Å². The molecule has 0 saturated heterocycles. The SMILES string of the molecule is CC(C)(C)OC(=O)N[C@@H]1CCCC[C@H]1NC(=O)c1nn(-c2ccccc2)c2c1CCC2. The summed E-state index contributed by atoms with van der Waals surface area (Å²) in [6.45, 7) is 5.53. The topological polar surface area (TPSA) is 85.2 Å². The van der Waals surface area contributed by atoms with Crippen LogP contribution in [0.1, 0.15) is 74.6 Å². The van der Waals surface area contributed by atoms with Gasteiger partial charge in [0.1, 0.15) is 5.60 Å². The Bertz CT molecular complexity index is 946. The molecule has 1 aromatic heterocycles. The predicted molar refractivity (Wildman–Crippen MR) is 118 cm³/mol. The predicted octanol–water partition coefficient (Wildman–Crippen LogP) is 3.93. The van der Waals surface area contributed by atoms with E-state index in [4.69, 9.17) is 9.84 Å². The molecule has 7 nitrogen and oxygen atoms in total. The minimum absolute atomic E-state index is 0.132. The summed E-state index contributed by atoms with van der Waals surface area (Å²) in [5, 5.41) is 10.8. The van der Waals surface area contributed by atoms with Crippen LogP contribution in [0.2, 0.25) is 0 Å². The number of rotatable bonds is 4. The number of benzene rings is 1. The lowest BCUT2D eigenvalue weighted by molar-refractivity contribution is 0.0474. The second kappa shape index (κ2) is 8.73. The van der Waals surface area contributed by atoms with Crippen molar-refractivity contribution in [1.82, 2.24) is 20.4 Å². The molecule has 0 spiro atoms. The maximum atomic E-state index is 13.2. The number of amides is 2. The number of hydrogen-bond donors (Lipinski definition) is 2. The first-order chi connectivity index (χ1) is 14.8. The molecule has 0 radical (unpaired) electrons. The van der Waals surface area contributed by atoms with E-state index < -0.39 is 11.7 Å². The average molecular weight is 425 g/mol. The van der Waals surface area contributed by atoms with Crippen LogP contribution in [0.25, 0.3) is 5.69 Å². The van der Waals surface area contributed by atoms with E-state index in [9.17, 15) is 9.59 Å². The number of carbonyl (C=O) groups excluding carboxylic acids is 2. The van der Waals surface area contributed by atoms with E-state index in [0.717, 1.165) is 61.9 Å². The van der Waals surface area contributed by atoms with Gasteiger partial charge in [-0.15, -0.1) is 0 Å². The van der Waals surface area contributed by atoms with Crippen LogP contribution in [0, 0.1) is 0 Å². The molecule has 166 valence electrons. The fraction of sp³-hybridized carbons (Fsp3) is 0.542. The Morgan fingerprint density at radius 3 is 2.35 bits per heavy atom. The highest BCUT2D eigenvalue weighted by atomic mass is 16.6. The monoisotopic (exact) mass is 424 g/mol. The number of hydrogen-bond acceptors (Lipinski definition) is 4. The molecular weight excluding hydrogens is 392 g/mol. The van der Waals surface area contributed by atoms with E-state index in [1.54, 1.807) is 0 Å². The number of para-hydroxylation sites is 1. The number of fused-ring (bicyclic) bond motifs is 1. The summed E-state index contributed by atoms with van der Waals surface area (Å²) in [5.41, 5.74) is 3.11. The van der Waals surface area contributed by atoms with Crippen molar-refractivity contribution >= 4 is 12.0 Å². The van der Waals surface area contributed by atoms with Gasteiger partial charge < -0.3 is 15.4 Å². The third-order valence-corrected chi connectivity index (χ3v) is 5.93. The van der Waals surface area contributed by atoms with Gasteiger partial charge in [-0.1, -0.05) is 31.0 Å². The number of ether oxygens (including phenoxy) is 1. The van der Waals surface area contributed by atoms with Crippen molar-refractivity contribution in [2.75, 3.05) is 0 Å². The quantitative estimate of drug-likeness (QED) is 0.779. The molecule has 0 unspecified atom stereocenters. The molecule has 1 saturated carbocycles. The molecule has 2 atom stereocenters. The Hall–Kier alpha value is -2.83. The fourth-order valence-electron chi connectivity index (χ4n) is 4.57. The van der Waals surface area contributed by atoms with Crippen LogP contribution in [0.3, 0.4) is 0 Å². The number of carbonyl (C=O) groups is 2. The van der Waals surface area contributed by atoms with Crippen LogP contribution < -0.4 is 10.6 Å². The first-order valence-corrected chi connectivity index (χ1v) is 11.3. The Morgan fingerprint density at radius 2 is 1.68 bits per heavy atom. The van der Waals surface area contributed by atoms with E-state index in [2.05, 4.69) is 10.6 Å². The van der Waals surface area contributed by atoms with Gasteiger partial charge in [-0.25, -0.2) is 9.48 Å². The van der Waals surface area contributed by atoms with Crippen LogP contribution >= 0.6 is 0 Å². The summed E-state index contributed by atoms with van der Waals surface area (Å²) >= 11 is 0. The number of alkyl carbamates (subject to hydrolysis) is 1. The molecule has 2 amide bonds. The van der Waals surface area contributed by atoms with E-state index in [0.29, 0.717) is 5.69 Å². The van der Waals surface area contributed by atoms with Crippen molar-refractivity contribution in [3.05, 3.63) is 47.3 Å². The highest BCUT2D eigenvalue weighted by Gasteiger charge is 2.32. The van der Waals surface area contributed by atoms with Crippen LogP contribution in [-0.4, -0.2) is 39.5 Å². The van der Waals surface area contributed by atoms with Gasteiger partial charge in [-0.05, 0) is 65.0 Å². The standard InChI is InChI=1S/C24H32N4O3/c1-24(2,3)31-23(30)26-19-14-8-7-13-18(19)25-22(29)21-17-12-9-15-20(17)28(27-21)16-10-5-4-6-11-16/h4-6,10-11,18-19H,7-9,12-15H2,1-3H3,(H,25,29)(H,26,30)/t18-,19-/m1/s1. The van der Waals surface area contributed by atoms with Gasteiger partial charge in [-0.3, -0.25) is 4.79 Å². The number of nitrogens with zero attached hydrogens (tertiary/aromatic N) is 2. The third-order valence-electron chi connectivity index (χ3n) is 5.93. The summed E-state index contributed by atoms with van der Waals surface area (Å²) < 4.78 is 7.32. The average Bonchev–Trinajstić information content (AvgIpc) is 3.31. The summed E-state index contributed by atoms with van der Waals surface area (Å²) in [4.78, 5) is 25.5. The van der Waals surface area contributed by atoms with Crippen molar-refractivity contribution in [2.24, 2.45) is 0 Å². The van der Waals surface area contributed by atoms with Crippen LogP contribution in [-0.2, 0) is 17.6 Å². The van der Waals surface area contributed by atoms with Crippen molar-refractivity contribution < 1.29 is 14.3 Å². The normalized spacial score (nSPS) is 20.7. The Labute approximate surface area is 183 Å². The largest absolute Gasteiger partial charge is 0.444 e. The smallest absolute Gasteiger partial charge is 0.407 e. The third kappa shape index (κ3) is 4.92. The molecule has 2 aliphatic rings. The molecule has 7 heteroatoms. The van der Waals surface area contributed by atoms with Crippen LogP contribution in [0.4, 0.5) is 4.79 Å². The molecule has 2 aliphatic carbocycles. The van der Waals surface area contributed by atoms with Gasteiger partial charge in [0, 0.05) is 17.3 Å². The molecular formula is C24H32N4O3. The minimum atomic E-state index is -0.553. The van der Waals surface area contributed by atoms with Gasteiger partial charge in [0.15, 0.2) is 5.69 Å². The summed E-state index contributed by atoms with van der Waals surface area (Å²) in [7, 11) is 0. The second-order valence-corrected chi connectivity index (χ2v) is 9.49. The zero-order valence-electron chi connectivity index (χ0n) is 18.6. The van der Waals surface area contributed by atoms with Gasteiger partial charge in [0.2, 0.25) is 0 Å². The lowest BCUT2D eigenvalue weighted by atomic mass is 9.90. The zero-order valence-corrected chi connectivity index (χ0v) is 18.6. The minimum Gasteiger partial charge on any atom is -0.444 e. The van der Waals surface area contributed by atoms with E-state index in [-0.39, 0.29) is 18.0 Å². The van der Waals surface area contributed by atoms with Gasteiger partial charge in [0.25, 0.3) is 5.91 Å². The van der Waals surface area contributed by atoms with Gasteiger partial charge in [-0.2, -0.15) is 5.10 Å². The van der Waals surface area contributed by atoms with Crippen molar-refractivity contribution in [1.29, 1.82) is 0 Å². The molecule has 2 aromatic rings. The number of nitrogens with one attached hydrogen (secondary N) is 2. The Balaban J connectivity index is 1.50. The van der Waals surface area contributed by atoms with Gasteiger partial charge in [0.05, 0.1) is 11.7 Å². The van der Waals surface area contributed by atoms with Crippen molar-refractivity contribution in [3.63, 3.8) is 0 Å². The molecule has 1 fully saturated rings. The van der Waals surface area contributed by atoms with E-state index >= 15 is 0 Å². The van der Waals surface area contributed by atoms with Crippen LogP contribution in [0.15, 0.2) is 30.3 Å². The number of aromatic nitrogens is 2. The van der Waals surface area contributed by atoms with Crippen molar-refractivity contribution in [2.45, 2.75) is 83.4 Å². The Kier molecular flexibility index (Phi) is 6.03. The highest BCUT2D eigenvalue weighted by molar-refractivity contribution is 5.94. The molecule has 1 aromatic carbocycles.